The molecule has 0 atom stereocenters. The lowest BCUT2D eigenvalue weighted by molar-refractivity contribution is 0.0697. The summed E-state index contributed by atoms with van der Waals surface area (Å²) in [4.78, 5) is 25.4. The van der Waals surface area contributed by atoms with Crippen molar-refractivity contribution in [2.75, 3.05) is 0 Å². The first kappa shape index (κ1) is 9.39. The average molecular weight is 204 g/mol. The molecule has 0 saturated heterocycles. The molecule has 0 aliphatic carbocycles. The van der Waals surface area contributed by atoms with Gasteiger partial charge in [-0.1, -0.05) is 0 Å². The Morgan fingerprint density at radius 3 is 2.87 bits per heavy atom. The number of carboxylic acid groups (broad SMARTS) is 1. The lowest BCUT2D eigenvalue weighted by Gasteiger charge is -1.97. The Labute approximate surface area is 85.0 Å². The number of hydrogen-bond donors (Lipinski definition) is 1. The monoisotopic (exact) mass is 204 g/mol. The van der Waals surface area contributed by atoms with E-state index in [0.717, 1.165) is 0 Å². The van der Waals surface area contributed by atoms with Crippen LogP contribution in [0.25, 0.3) is 11.0 Å². The summed E-state index contributed by atoms with van der Waals surface area (Å²) < 4.78 is 1.56. The second-order valence-electron chi connectivity index (χ2n) is 3.16. The van der Waals surface area contributed by atoms with Gasteiger partial charge in [-0.2, -0.15) is 0 Å². The molecule has 2 rings (SSSR count). The van der Waals surface area contributed by atoms with Crippen LogP contribution in [0.5, 0.6) is 0 Å². The minimum absolute atomic E-state index is 0.183. The fourth-order valence-corrected chi connectivity index (χ4v) is 1.45. The first-order chi connectivity index (χ1) is 7.13. The third-order valence-corrected chi connectivity index (χ3v) is 2.27. The smallest absolute Gasteiger partial charge is 0.335 e. The van der Waals surface area contributed by atoms with Gasteiger partial charge in [-0.25, -0.2) is 9.78 Å². The van der Waals surface area contributed by atoms with Crippen molar-refractivity contribution in [1.29, 1.82) is 0 Å². The third kappa shape index (κ3) is 1.38. The standard InChI is InChI=1S/C10H8N2O3/c1-12-8-4-6(10(14)15)2-3-7(8)11-9(12)5-13/h2-5H,1H3,(H,14,15). The average Bonchev–Trinajstić information content (AvgIpc) is 2.55. The van der Waals surface area contributed by atoms with Crippen LogP contribution < -0.4 is 0 Å². The Balaban J connectivity index is 2.75. The number of fused-ring (bicyclic) bond motifs is 1. The second-order valence-corrected chi connectivity index (χ2v) is 3.16. The molecule has 0 amide bonds. The molecule has 1 aromatic heterocycles. The highest BCUT2D eigenvalue weighted by Crippen LogP contribution is 2.16. The van der Waals surface area contributed by atoms with Crippen LogP contribution >= 0.6 is 0 Å². The van der Waals surface area contributed by atoms with Crippen molar-refractivity contribution in [3.05, 3.63) is 29.6 Å². The van der Waals surface area contributed by atoms with Crippen LogP contribution in [-0.2, 0) is 7.05 Å². The number of hydrogen-bond acceptors (Lipinski definition) is 3. The Morgan fingerprint density at radius 2 is 2.27 bits per heavy atom. The van der Waals surface area contributed by atoms with Crippen LogP contribution in [0.3, 0.4) is 0 Å². The molecule has 0 bridgehead atoms. The van der Waals surface area contributed by atoms with Gasteiger partial charge in [-0.15, -0.1) is 0 Å². The predicted octanol–water partition coefficient (Wildman–Crippen LogP) is 1.08. The molecule has 0 unspecified atom stereocenters. The molecule has 1 heterocycles. The summed E-state index contributed by atoms with van der Waals surface area (Å²) in [6.07, 6.45) is 0.639. The van der Waals surface area contributed by atoms with Crippen molar-refractivity contribution >= 4 is 23.3 Å². The zero-order valence-corrected chi connectivity index (χ0v) is 7.97. The zero-order valence-electron chi connectivity index (χ0n) is 7.97. The number of aromatic nitrogens is 2. The molecule has 15 heavy (non-hydrogen) atoms. The number of aldehydes is 1. The number of benzene rings is 1. The lowest BCUT2D eigenvalue weighted by atomic mass is 10.2. The van der Waals surface area contributed by atoms with Crippen molar-refractivity contribution in [2.45, 2.75) is 0 Å². The molecule has 76 valence electrons. The van der Waals surface area contributed by atoms with E-state index in [2.05, 4.69) is 4.98 Å². The van der Waals surface area contributed by atoms with Gasteiger partial charge >= 0.3 is 5.97 Å². The molecule has 5 heteroatoms. The third-order valence-electron chi connectivity index (χ3n) is 2.27. The molecule has 0 aliphatic rings. The van der Waals surface area contributed by atoms with E-state index in [-0.39, 0.29) is 11.4 Å². The Kier molecular flexibility index (Phi) is 2.00. The minimum atomic E-state index is -0.995. The van der Waals surface area contributed by atoms with Crippen LogP contribution in [0.4, 0.5) is 0 Å². The van der Waals surface area contributed by atoms with Crippen molar-refractivity contribution in [3.8, 4) is 0 Å². The van der Waals surface area contributed by atoms with Crippen LogP contribution in [0.1, 0.15) is 21.0 Å². The maximum atomic E-state index is 10.7. The topological polar surface area (TPSA) is 72.2 Å². The van der Waals surface area contributed by atoms with E-state index >= 15 is 0 Å². The normalized spacial score (nSPS) is 10.5. The summed E-state index contributed by atoms with van der Waals surface area (Å²) in [5, 5.41) is 8.80. The summed E-state index contributed by atoms with van der Waals surface area (Å²) in [7, 11) is 1.67. The number of rotatable bonds is 2. The van der Waals surface area contributed by atoms with Gasteiger partial charge in [-0.3, -0.25) is 4.79 Å². The second kappa shape index (κ2) is 3.20. The fraction of sp³-hybridized carbons (Fsp3) is 0.100. The summed E-state index contributed by atoms with van der Waals surface area (Å²) in [5.74, 6) is -0.710. The number of nitrogens with zero attached hydrogens (tertiary/aromatic N) is 2. The number of carbonyl (C=O) groups is 2. The van der Waals surface area contributed by atoms with Crippen molar-refractivity contribution in [1.82, 2.24) is 9.55 Å². The number of aromatic carboxylic acids is 1. The summed E-state index contributed by atoms with van der Waals surface area (Å²) in [6.45, 7) is 0. The molecule has 0 fully saturated rings. The van der Waals surface area contributed by atoms with Gasteiger partial charge in [-0.05, 0) is 18.2 Å². The Bertz CT molecular complexity index is 557. The van der Waals surface area contributed by atoms with Crippen molar-refractivity contribution in [3.63, 3.8) is 0 Å². The molecule has 0 saturated carbocycles. The number of imidazole rings is 1. The van der Waals surface area contributed by atoms with Gasteiger partial charge in [0.15, 0.2) is 12.1 Å². The summed E-state index contributed by atoms with van der Waals surface area (Å²) in [5.41, 5.74) is 1.43. The van der Waals surface area contributed by atoms with Crippen molar-refractivity contribution in [2.24, 2.45) is 7.05 Å². The first-order valence-corrected chi connectivity index (χ1v) is 4.28. The summed E-state index contributed by atoms with van der Waals surface area (Å²) >= 11 is 0. The molecule has 1 aromatic carbocycles. The van der Waals surface area contributed by atoms with E-state index in [1.807, 2.05) is 0 Å². The first-order valence-electron chi connectivity index (χ1n) is 4.28. The SMILES string of the molecule is Cn1c(C=O)nc2ccc(C(=O)O)cc21. The maximum absolute atomic E-state index is 10.7. The molecule has 2 aromatic rings. The fourth-order valence-electron chi connectivity index (χ4n) is 1.45. The highest BCUT2D eigenvalue weighted by atomic mass is 16.4. The summed E-state index contributed by atoms with van der Waals surface area (Å²) in [6, 6.07) is 4.55. The zero-order chi connectivity index (χ0) is 11.0. The highest BCUT2D eigenvalue weighted by Gasteiger charge is 2.09. The van der Waals surface area contributed by atoms with E-state index < -0.39 is 5.97 Å². The van der Waals surface area contributed by atoms with Crippen LogP contribution in [0.15, 0.2) is 18.2 Å². The highest BCUT2D eigenvalue weighted by molar-refractivity contribution is 5.93. The van der Waals surface area contributed by atoms with Gasteiger partial charge in [0.1, 0.15) is 0 Å². The van der Waals surface area contributed by atoms with Gasteiger partial charge in [0.05, 0.1) is 16.6 Å². The Morgan fingerprint density at radius 1 is 1.53 bits per heavy atom. The van der Waals surface area contributed by atoms with E-state index in [1.165, 1.54) is 12.1 Å². The van der Waals surface area contributed by atoms with Crippen molar-refractivity contribution < 1.29 is 14.7 Å². The molecular formula is C10H8N2O3. The minimum Gasteiger partial charge on any atom is -0.478 e. The van der Waals surface area contributed by atoms with E-state index in [4.69, 9.17) is 5.11 Å². The van der Waals surface area contributed by atoms with E-state index in [1.54, 1.807) is 17.7 Å². The van der Waals surface area contributed by atoms with Gasteiger partial charge in [0, 0.05) is 7.05 Å². The van der Waals surface area contributed by atoms with Gasteiger partial charge in [0.2, 0.25) is 0 Å². The molecule has 1 N–H and O–H groups in total. The number of carboxylic acids is 1. The molecule has 5 nitrogen and oxygen atoms in total. The van der Waals surface area contributed by atoms with Crippen LogP contribution in [0, 0.1) is 0 Å². The van der Waals surface area contributed by atoms with Gasteiger partial charge in [0.25, 0.3) is 0 Å². The molecule has 0 radical (unpaired) electrons. The Hall–Kier alpha value is -2.17. The molecule has 0 aliphatic heterocycles. The largest absolute Gasteiger partial charge is 0.478 e. The maximum Gasteiger partial charge on any atom is 0.335 e. The molecule has 0 spiro atoms. The quantitative estimate of drug-likeness (QED) is 0.743. The predicted molar refractivity (Wildman–Crippen MR) is 53.1 cm³/mol. The van der Waals surface area contributed by atoms with E-state index in [9.17, 15) is 9.59 Å². The van der Waals surface area contributed by atoms with E-state index in [0.29, 0.717) is 17.3 Å². The van der Waals surface area contributed by atoms with Gasteiger partial charge < -0.3 is 9.67 Å². The number of carbonyl (C=O) groups excluding carboxylic acids is 1. The number of aryl methyl sites for hydroxylation is 1. The molecular weight excluding hydrogens is 196 g/mol. The lowest BCUT2D eigenvalue weighted by Crippen LogP contribution is -1.98. The van der Waals surface area contributed by atoms with Crippen LogP contribution in [0.2, 0.25) is 0 Å². The van der Waals surface area contributed by atoms with Crippen LogP contribution in [-0.4, -0.2) is 26.9 Å².